The molecule has 158 valence electrons. The zero-order chi connectivity index (χ0) is 21.6. The van der Waals surface area contributed by atoms with Gasteiger partial charge in [0.15, 0.2) is 0 Å². The van der Waals surface area contributed by atoms with Gasteiger partial charge >= 0.3 is 0 Å². The van der Waals surface area contributed by atoms with Crippen molar-refractivity contribution >= 4 is 32.9 Å². The molecule has 0 unspecified atom stereocenters. The van der Waals surface area contributed by atoms with Gasteiger partial charge in [-0.3, -0.25) is 10.0 Å². The zero-order valence-corrected chi connectivity index (χ0v) is 17.5. The molecule has 0 saturated carbocycles. The summed E-state index contributed by atoms with van der Waals surface area (Å²) in [4.78, 5) is 14.3. The molecular formula is C22H25N3O4S. The minimum Gasteiger partial charge on any atom is -0.361 e. The topological polar surface area (TPSA) is 103 Å². The summed E-state index contributed by atoms with van der Waals surface area (Å²) in [6, 6.07) is 15.2. The summed E-state index contributed by atoms with van der Waals surface area (Å²) in [5.41, 5.74) is 5.28. The summed E-state index contributed by atoms with van der Waals surface area (Å²) in [7, 11) is -3.37. The number of hydroxylamine groups is 1. The maximum atomic E-state index is 12.6. The summed E-state index contributed by atoms with van der Waals surface area (Å²) in [5.74, 6) is -0.575. The van der Waals surface area contributed by atoms with Gasteiger partial charge in [-0.2, -0.15) is 4.31 Å². The molecular weight excluding hydrogens is 402 g/mol. The Morgan fingerprint density at radius 2 is 1.90 bits per heavy atom. The Kier molecular flexibility index (Phi) is 7.04. The summed E-state index contributed by atoms with van der Waals surface area (Å²) in [6.45, 7) is 2.31. The number of benzene rings is 2. The molecule has 30 heavy (non-hydrogen) atoms. The Morgan fingerprint density at radius 1 is 1.17 bits per heavy atom. The van der Waals surface area contributed by atoms with Gasteiger partial charge < -0.3 is 4.98 Å². The first-order chi connectivity index (χ1) is 14.4. The van der Waals surface area contributed by atoms with Crippen LogP contribution in [0.4, 0.5) is 0 Å². The van der Waals surface area contributed by atoms with E-state index in [1.165, 1.54) is 15.9 Å². The number of rotatable bonds is 9. The maximum Gasteiger partial charge on any atom is 0.267 e. The lowest BCUT2D eigenvalue weighted by atomic mass is 10.1. The predicted molar refractivity (Wildman–Crippen MR) is 117 cm³/mol. The fraction of sp³-hybridized carbons (Fsp3) is 0.227. The van der Waals surface area contributed by atoms with E-state index in [2.05, 4.69) is 4.98 Å². The lowest BCUT2D eigenvalue weighted by molar-refractivity contribution is -0.124. The Hall–Kier alpha value is -2.94. The van der Waals surface area contributed by atoms with E-state index in [-0.39, 0.29) is 12.3 Å². The van der Waals surface area contributed by atoms with Gasteiger partial charge in [0.25, 0.3) is 5.91 Å². The van der Waals surface area contributed by atoms with Crippen molar-refractivity contribution in [3.8, 4) is 0 Å². The molecule has 0 saturated heterocycles. The number of H-pyrrole nitrogens is 1. The van der Waals surface area contributed by atoms with Crippen LogP contribution in [0.3, 0.4) is 0 Å². The predicted octanol–water partition coefficient (Wildman–Crippen LogP) is 3.08. The van der Waals surface area contributed by atoms with E-state index in [4.69, 9.17) is 5.21 Å². The van der Waals surface area contributed by atoms with Gasteiger partial charge in [-0.05, 0) is 42.2 Å². The highest BCUT2D eigenvalue weighted by atomic mass is 32.2. The van der Waals surface area contributed by atoms with Gasteiger partial charge in [-0.15, -0.1) is 0 Å². The molecule has 0 aliphatic carbocycles. The van der Waals surface area contributed by atoms with Crippen LogP contribution in [0.1, 0.15) is 23.6 Å². The minimum absolute atomic E-state index is 0.0397. The van der Waals surface area contributed by atoms with Crippen LogP contribution in [0, 0.1) is 0 Å². The number of carbonyl (C=O) groups excluding carboxylic acids is 1. The van der Waals surface area contributed by atoms with Crippen LogP contribution >= 0.6 is 0 Å². The number of nitrogens with zero attached hydrogens (tertiary/aromatic N) is 1. The largest absolute Gasteiger partial charge is 0.361 e. The quantitative estimate of drug-likeness (QED) is 0.277. The fourth-order valence-electron chi connectivity index (χ4n) is 3.23. The van der Waals surface area contributed by atoms with E-state index < -0.39 is 15.9 Å². The summed E-state index contributed by atoms with van der Waals surface area (Å²) in [5, 5.41) is 9.62. The number of amides is 1. The molecule has 2 aromatic carbocycles. The SMILES string of the molecule is CCS(=O)(=O)N(CCc1c[nH]c2ccccc12)Cc1ccc(/C=C/C(=O)NO)cc1. The molecule has 3 rings (SSSR count). The number of aromatic nitrogens is 1. The van der Waals surface area contributed by atoms with Crippen LogP contribution in [-0.4, -0.2) is 41.1 Å². The third kappa shape index (κ3) is 5.35. The van der Waals surface area contributed by atoms with Crippen molar-refractivity contribution in [2.45, 2.75) is 19.9 Å². The number of fused-ring (bicyclic) bond motifs is 1. The molecule has 0 spiro atoms. The van der Waals surface area contributed by atoms with Gasteiger partial charge in [-0.1, -0.05) is 42.5 Å². The van der Waals surface area contributed by atoms with Crippen LogP contribution in [-0.2, 0) is 27.8 Å². The minimum atomic E-state index is -3.37. The lowest BCUT2D eigenvalue weighted by Crippen LogP contribution is -2.33. The summed E-state index contributed by atoms with van der Waals surface area (Å²) < 4.78 is 26.8. The fourth-order valence-corrected chi connectivity index (χ4v) is 4.31. The smallest absolute Gasteiger partial charge is 0.267 e. The van der Waals surface area contributed by atoms with E-state index >= 15 is 0 Å². The number of nitrogens with one attached hydrogen (secondary N) is 2. The first-order valence-corrected chi connectivity index (χ1v) is 11.3. The van der Waals surface area contributed by atoms with Gasteiger partial charge in [-0.25, -0.2) is 13.9 Å². The normalized spacial score (nSPS) is 12.1. The Bertz CT molecular complexity index is 1130. The molecule has 8 heteroatoms. The molecule has 1 aromatic heterocycles. The van der Waals surface area contributed by atoms with Crippen LogP contribution in [0.25, 0.3) is 17.0 Å². The van der Waals surface area contributed by atoms with Crippen molar-refractivity contribution in [1.29, 1.82) is 0 Å². The second-order valence-corrected chi connectivity index (χ2v) is 9.15. The van der Waals surface area contributed by atoms with E-state index in [0.29, 0.717) is 13.0 Å². The number of hydrogen-bond acceptors (Lipinski definition) is 4. The first-order valence-electron chi connectivity index (χ1n) is 9.67. The third-order valence-corrected chi connectivity index (χ3v) is 6.77. The molecule has 0 radical (unpaired) electrons. The van der Waals surface area contributed by atoms with Crippen LogP contribution in [0.15, 0.2) is 60.8 Å². The Morgan fingerprint density at radius 3 is 2.60 bits per heavy atom. The first kappa shape index (κ1) is 21.8. The molecule has 3 aromatic rings. The van der Waals surface area contributed by atoms with Crippen molar-refractivity contribution < 1.29 is 18.4 Å². The van der Waals surface area contributed by atoms with Crippen molar-refractivity contribution in [2.24, 2.45) is 0 Å². The molecule has 0 atom stereocenters. The number of hydrogen-bond donors (Lipinski definition) is 3. The average molecular weight is 428 g/mol. The molecule has 0 bridgehead atoms. The molecule has 1 amide bonds. The van der Waals surface area contributed by atoms with Crippen molar-refractivity contribution in [3.63, 3.8) is 0 Å². The highest BCUT2D eigenvalue weighted by Gasteiger charge is 2.20. The number of aromatic amines is 1. The molecule has 1 heterocycles. The molecule has 0 fully saturated rings. The standard InChI is InChI=1S/C22H25N3O4S/c1-2-30(28,29)25(14-13-19-15-23-21-6-4-3-5-20(19)21)16-18-9-7-17(8-10-18)11-12-22(26)24-27/h3-12,15,23,27H,2,13-14,16H2,1H3,(H,24,26)/b12-11+. The molecule has 7 nitrogen and oxygen atoms in total. The summed E-state index contributed by atoms with van der Waals surface area (Å²) in [6.07, 6.45) is 5.32. The summed E-state index contributed by atoms with van der Waals surface area (Å²) >= 11 is 0. The van der Waals surface area contributed by atoms with Gasteiger partial charge in [0, 0.05) is 36.3 Å². The second-order valence-electron chi connectivity index (χ2n) is 6.89. The van der Waals surface area contributed by atoms with Gasteiger partial charge in [0.05, 0.1) is 5.75 Å². The Balaban J connectivity index is 1.73. The van der Waals surface area contributed by atoms with Crippen molar-refractivity contribution in [2.75, 3.05) is 12.3 Å². The number of carbonyl (C=O) groups is 1. The van der Waals surface area contributed by atoms with E-state index in [9.17, 15) is 13.2 Å². The van der Waals surface area contributed by atoms with Gasteiger partial charge in [0.2, 0.25) is 10.0 Å². The zero-order valence-electron chi connectivity index (χ0n) is 16.7. The lowest BCUT2D eigenvalue weighted by Gasteiger charge is -2.21. The van der Waals surface area contributed by atoms with E-state index in [0.717, 1.165) is 27.6 Å². The van der Waals surface area contributed by atoms with Crippen LogP contribution in [0.2, 0.25) is 0 Å². The third-order valence-electron chi connectivity index (χ3n) is 4.94. The maximum absolute atomic E-state index is 12.6. The Labute approximate surface area is 176 Å². The van der Waals surface area contributed by atoms with E-state index in [1.807, 2.05) is 42.6 Å². The monoisotopic (exact) mass is 427 g/mol. The van der Waals surface area contributed by atoms with Crippen LogP contribution < -0.4 is 5.48 Å². The van der Waals surface area contributed by atoms with E-state index in [1.54, 1.807) is 25.1 Å². The van der Waals surface area contributed by atoms with Crippen LogP contribution in [0.5, 0.6) is 0 Å². The number of para-hydroxylation sites is 1. The van der Waals surface area contributed by atoms with Crippen molar-refractivity contribution in [1.82, 2.24) is 14.8 Å². The van der Waals surface area contributed by atoms with Gasteiger partial charge in [0.1, 0.15) is 0 Å². The average Bonchev–Trinajstić information content (AvgIpc) is 3.18. The molecule has 3 N–H and O–H groups in total. The highest BCUT2D eigenvalue weighted by molar-refractivity contribution is 7.89. The highest BCUT2D eigenvalue weighted by Crippen LogP contribution is 2.20. The molecule has 0 aliphatic heterocycles. The van der Waals surface area contributed by atoms with Crippen molar-refractivity contribution in [3.05, 3.63) is 77.5 Å². The second kappa shape index (κ2) is 9.71. The number of sulfonamides is 1. The molecule has 0 aliphatic rings.